The highest BCUT2D eigenvalue weighted by molar-refractivity contribution is 5.80. The van der Waals surface area contributed by atoms with Crippen molar-refractivity contribution in [3.05, 3.63) is 46.0 Å². The van der Waals surface area contributed by atoms with Crippen LogP contribution in [0.4, 0.5) is 5.69 Å². The van der Waals surface area contributed by atoms with Crippen LogP contribution in [0.3, 0.4) is 0 Å². The minimum absolute atomic E-state index is 0.00443. The number of nitro benzene ring substituents is 1. The number of ether oxygens (including phenoxy) is 1. The molecule has 6 nitrogen and oxygen atoms in total. The fraction of sp³-hybridized carbons (Fsp3) is 0.471. The van der Waals surface area contributed by atoms with Crippen LogP contribution in [0.25, 0.3) is 0 Å². The van der Waals surface area contributed by atoms with Crippen LogP contribution in [-0.4, -0.2) is 23.5 Å². The molecule has 1 aliphatic carbocycles. The first-order valence-electron chi connectivity index (χ1n) is 7.93. The second-order valence-electron chi connectivity index (χ2n) is 5.66. The molecule has 124 valence electrons. The Hall–Kier alpha value is -2.37. The highest BCUT2D eigenvalue weighted by Crippen LogP contribution is 2.20. The quantitative estimate of drug-likeness (QED) is 0.475. The molecule has 0 fully saturated rings. The van der Waals surface area contributed by atoms with Crippen LogP contribution in [-0.2, 0) is 4.79 Å². The fourth-order valence-electron chi connectivity index (χ4n) is 2.53. The fourth-order valence-corrected chi connectivity index (χ4v) is 2.53. The molecule has 0 saturated heterocycles. The molecular weight excluding hydrogens is 296 g/mol. The van der Waals surface area contributed by atoms with Gasteiger partial charge in [0, 0.05) is 18.7 Å². The molecule has 0 heterocycles. The van der Waals surface area contributed by atoms with Crippen LogP contribution < -0.4 is 10.1 Å². The van der Waals surface area contributed by atoms with Crippen molar-refractivity contribution < 1.29 is 14.5 Å². The Morgan fingerprint density at radius 2 is 2.09 bits per heavy atom. The van der Waals surface area contributed by atoms with Crippen LogP contribution in [0.5, 0.6) is 5.75 Å². The van der Waals surface area contributed by atoms with Gasteiger partial charge < -0.3 is 10.1 Å². The van der Waals surface area contributed by atoms with Crippen LogP contribution in [0.2, 0.25) is 0 Å². The lowest BCUT2D eigenvalue weighted by Gasteiger charge is -2.16. The van der Waals surface area contributed by atoms with Gasteiger partial charge in [0.25, 0.3) is 11.6 Å². The average Bonchev–Trinajstić information content (AvgIpc) is 2.56. The third-order valence-corrected chi connectivity index (χ3v) is 3.86. The van der Waals surface area contributed by atoms with E-state index >= 15 is 0 Å². The highest BCUT2D eigenvalue weighted by Gasteiger charge is 2.15. The lowest BCUT2D eigenvalue weighted by atomic mass is 9.97. The first-order chi connectivity index (χ1) is 11.1. The molecule has 0 saturated carbocycles. The van der Waals surface area contributed by atoms with Gasteiger partial charge in [-0.3, -0.25) is 14.9 Å². The summed E-state index contributed by atoms with van der Waals surface area (Å²) >= 11 is 0. The molecule has 1 aliphatic rings. The molecule has 1 aromatic carbocycles. The molecule has 1 aromatic rings. The third-order valence-electron chi connectivity index (χ3n) is 3.86. The largest absolute Gasteiger partial charge is 0.481 e. The van der Waals surface area contributed by atoms with E-state index in [1.807, 2.05) is 0 Å². The number of rotatable bonds is 7. The molecular formula is C17H22N2O4. The molecule has 23 heavy (non-hydrogen) atoms. The molecule has 0 unspecified atom stereocenters. The van der Waals surface area contributed by atoms with Crippen molar-refractivity contribution in [2.75, 3.05) is 6.54 Å². The molecule has 0 aromatic heterocycles. The number of carbonyl (C=O) groups is 1. The van der Waals surface area contributed by atoms with Gasteiger partial charge in [-0.05, 0) is 51.2 Å². The Morgan fingerprint density at radius 1 is 1.35 bits per heavy atom. The number of hydrogen-bond donors (Lipinski definition) is 1. The Morgan fingerprint density at radius 3 is 2.70 bits per heavy atom. The predicted octanol–water partition coefficient (Wildman–Crippen LogP) is 3.37. The van der Waals surface area contributed by atoms with Crippen molar-refractivity contribution in [2.24, 2.45) is 0 Å². The van der Waals surface area contributed by atoms with Gasteiger partial charge in [0.15, 0.2) is 6.10 Å². The summed E-state index contributed by atoms with van der Waals surface area (Å²) in [6.45, 7) is 2.27. The van der Waals surface area contributed by atoms with Crippen molar-refractivity contribution in [3.63, 3.8) is 0 Å². The second-order valence-corrected chi connectivity index (χ2v) is 5.66. The van der Waals surface area contributed by atoms with E-state index in [0.717, 1.165) is 19.3 Å². The number of non-ortho nitro benzene ring substituents is 1. The predicted molar refractivity (Wildman–Crippen MR) is 87.4 cm³/mol. The van der Waals surface area contributed by atoms with Crippen molar-refractivity contribution in [1.82, 2.24) is 5.32 Å². The smallest absolute Gasteiger partial charge is 0.269 e. The summed E-state index contributed by atoms with van der Waals surface area (Å²) in [5, 5.41) is 13.5. The maximum absolute atomic E-state index is 12.0. The normalized spacial score (nSPS) is 15.4. The van der Waals surface area contributed by atoms with Crippen LogP contribution in [0.15, 0.2) is 35.9 Å². The summed E-state index contributed by atoms with van der Waals surface area (Å²) in [5.74, 6) is 0.257. The maximum Gasteiger partial charge on any atom is 0.269 e. The standard InChI is InChI=1S/C17H22N2O4/c1-13(23-16-9-7-15(8-10-16)19(21)22)17(20)18-12-11-14-5-3-2-4-6-14/h5,7-10,13H,2-4,6,11-12H2,1H3,(H,18,20)/t13-/m1/s1. The summed E-state index contributed by atoms with van der Waals surface area (Å²) in [5.41, 5.74) is 1.41. The average molecular weight is 318 g/mol. The van der Waals surface area contributed by atoms with Gasteiger partial charge in [-0.25, -0.2) is 0 Å². The number of nitro groups is 1. The third kappa shape index (κ3) is 5.39. The van der Waals surface area contributed by atoms with Crippen molar-refractivity contribution in [2.45, 2.75) is 45.1 Å². The van der Waals surface area contributed by atoms with Gasteiger partial charge in [-0.1, -0.05) is 11.6 Å². The zero-order valence-electron chi connectivity index (χ0n) is 13.3. The molecule has 0 radical (unpaired) electrons. The topological polar surface area (TPSA) is 81.5 Å². The van der Waals surface area contributed by atoms with Gasteiger partial charge in [0.1, 0.15) is 5.75 Å². The lowest BCUT2D eigenvalue weighted by Crippen LogP contribution is -2.36. The molecule has 1 N–H and O–H groups in total. The van der Waals surface area contributed by atoms with Gasteiger partial charge >= 0.3 is 0 Å². The molecule has 0 spiro atoms. The van der Waals surface area contributed by atoms with Crippen LogP contribution in [0.1, 0.15) is 39.0 Å². The number of carbonyl (C=O) groups excluding carboxylic acids is 1. The van der Waals surface area contributed by atoms with Gasteiger partial charge in [0.2, 0.25) is 0 Å². The summed E-state index contributed by atoms with van der Waals surface area (Å²) in [4.78, 5) is 22.1. The van der Waals surface area contributed by atoms with Crippen LogP contribution in [0, 0.1) is 10.1 Å². The minimum Gasteiger partial charge on any atom is -0.481 e. The molecule has 2 rings (SSSR count). The van der Waals surface area contributed by atoms with E-state index in [-0.39, 0.29) is 11.6 Å². The summed E-state index contributed by atoms with van der Waals surface area (Å²) in [7, 11) is 0. The highest BCUT2D eigenvalue weighted by atomic mass is 16.6. The van der Waals surface area contributed by atoms with E-state index in [1.54, 1.807) is 6.92 Å². The number of benzene rings is 1. The van der Waals surface area contributed by atoms with Crippen LogP contribution >= 0.6 is 0 Å². The van der Waals surface area contributed by atoms with E-state index in [4.69, 9.17) is 4.74 Å². The van der Waals surface area contributed by atoms with Crippen molar-refractivity contribution in [1.29, 1.82) is 0 Å². The number of nitrogens with zero attached hydrogens (tertiary/aromatic N) is 1. The molecule has 1 amide bonds. The van der Waals surface area contributed by atoms with Gasteiger partial charge in [-0.2, -0.15) is 0 Å². The Balaban J connectivity index is 1.75. The number of hydrogen-bond acceptors (Lipinski definition) is 4. The van der Waals surface area contributed by atoms with E-state index < -0.39 is 11.0 Å². The SMILES string of the molecule is C[C@@H](Oc1ccc([N+](=O)[O-])cc1)C(=O)NCCC1=CCCCC1. The Labute approximate surface area is 135 Å². The Kier molecular flexibility index (Phi) is 6.14. The number of nitrogens with one attached hydrogen (secondary N) is 1. The second kappa shape index (κ2) is 8.31. The minimum atomic E-state index is -0.642. The first kappa shape index (κ1) is 17.0. The van der Waals surface area contributed by atoms with Crippen molar-refractivity contribution >= 4 is 11.6 Å². The maximum atomic E-state index is 12.0. The van der Waals surface area contributed by atoms with Gasteiger partial charge in [0.05, 0.1) is 4.92 Å². The summed E-state index contributed by atoms with van der Waals surface area (Å²) in [6, 6.07) is 5.70. The first-order valence-corrected chi connectivity index (χ1v) is 7.93. The monoisotopic (exact) mass is 318 g/mol. The molecule has 6 heteroatoms. The van der Waals surface area contributed by atoms with Gasteiger partial charge in [-0.15, -0.1) is 0 Å². The summed E-state index contributed by atoms with van der Waals surface area (Å²) in [6.07, 6.45) is 7.28. The summed E-state index contributed by atoms with van der Waals surface area (Å²) < 4.78 is 5.50. The lowest BCUT2D eigenvalue weighted by molar-refractivity contribution is -0.384. The molecule has 0 bridgehead atoms. The zero-order valence-corrected chi connectivity index (χ0v) is 13.3. The zero-order chi connectivity index (χ0) is 16.7. The van der Waals surface area contributed by atoms with Crippen molar-refractivity contribution in [3.8, 4) is 5.75 Å². The number of amides is 1. The van der Waals surface area contributed by atoms with E-state index in [2.05, 4.69) is 11.4 Å². The van der Waals surface area contributed by atoms with E-state index in [9.17, 15) is 14.9 Å². The molecule has 1 atom stereocenters. The molecule has 0 aliphatic heterocycles. The Bertz CT molecular complexity index is 581. The van der Waals surface area contributed by atoms with E-state index in [0.29, 0.717) is 12.3 Å². The number of allylic oxidation sites excluding steroid dienone is 1. The van der Waals surface area contributed by atoms with E-state index in [1.165, 1.54) is 42.7 Å².